The van der Waals surface area contributed by atoms with Gasteiger partial charge >= 0.3 is 5.97 Å². The largest absolute Gasteiger partial charge is 0.455 e. The molecular weight excluding hydrogens is 470 g/mol. The molecular formula is C25H21N3O4S2. The quantitative estimate of drug-likeness (QED) is 0.326. The third kappa shape index (κ3) is 6.15. The van der Waals surface area contributed by atoms with Gasteiger partial charge in [-0.25, -0.2) is 9.78 Å². The molecule has 9 heteroatoms. The van der Waals surface area contributed by atoms with Crippen LogP contribution in [0.3, 0.4) is 0 Å². The van der Waals surface area contributed by atoms with Crippen molar-refractivity contribution in [2.75, 3.05) is 10.6 Å². The minimum Gasteiger partial charge on any atom is -0.455 e. The molecule has 0 aliphatic carbocycles. The summed E-state index contributed by atoms with van der Waals surface area (Å²) in [7, 11) is 0. The first-order valence-corrected chi connectivity index (χ1v) is 12.1. The number of benzene rings is 2. The first-order valence-electron chi connectivity index (χ1n) is 10.4. The highest BCUT2D eigenvalue weighted by atomic mass is 32.1. The Morgan fingerprint density at radius 1 is 0.941 bits per heavy atom. The van der Waals surface area contributed by atoms with Crippen LogP contribution in [0.1, 0.15) is 36.3 Å². The smallest absolute Gasteiger partial charge is 0.340 e. The molecule has 2 N–H and O–H groups in total. The second kappa shape index (κ2) is 10.9. The van der Waals surface area contributed by atoms with Gasteiger partial charge in [0.1, 0.15) is 11.6 Å². The van der Waals surface area contributed by atoms with Gasteiger partial charge in [0.05, 0.1) is 28.2 Å². The van der Waals surface area contributed by atoms with E-state index in [9.17, 15) is 14.4 Å². The first kappa shape index (κ1) is 23.3. The van der Waals surface area contributed by atoms with E-state index in [1.54, 1.807) is 41.8 Å². The number of hydrogen-bond acceptors (Lipinski definition) is 7. The van der Waals surface area contributed by atoms with E-state index in [1.165, 1.54) is 22.7 Å². The van der Waals surface area contributed by atoms with E-state index < -0.39 is 5.97 Å². The molecule has 0 unspecified atom stereocenters. The predicted octanol–water partition coefficient (Wildman–Crippen LogP) is 5.30. The number of amides is 2. The van der Waals surface area contributed by atoms with Crippen molar-refractivity contribution < 1.29 is 19.1 Å². The van der Waals surface area contributed by atoms with Gasteiger partial charge in [0.2, 0.25) is 5.91 Å². The van der Waals surface area contributed by atoms with E-state index in [2.05, 4.69) is 15.6 Å². The van der Waals surface area contributed by atoms with E-state index in [0.717, 1.165) is 11.3 Å². The van der Waals surface area contributed by atoms with Crippen LogP contribution in [0.15, 0.2) is 71.4 Å². The number of aromatic nitrogens is 1. The molecule has 172 valence electrons. The molecule has 4 aromatic rings. The maximum atomic E-state index is 12.7. The Kier molecular flexibility index (Phi) is 7.46. The molecule has 7 nitrogen and oxygen atoms in total. The summed E-state index contributed by atoms with van der Waals surface area (Å²) in [5, 5.41) is 9.78. The highest BCUT2D eigenvalue weighted by Crippen LogP contribution is 2.20. The third-order valence-electron chi connectivity index (χ3n) is 4.74. The summed E-state index contributed by atoms with van der Waals surface area (Å²) in [4.78, 5) is 42.2. The Labute approximate surface area is 204 Å². The first-order chi connectivity index (χ1) is 16.5. The molecule has 2 aromatic carbocycles. The fourth-order valence-electron chi connectivity index (χ4n) is 3.05. The molecule has 0 bridgehead atoms. The fraction of sp³-hybridized carbons (Fsp3) is 0.120. The molecule has 2 heterocycles. The number of ether oxygens (including phenoxy) is 1. The Morgan fingerprint density at radius 3 is 2.50 bits per heavy atom. The SMILES string of the molecule is Cc1ccc(NC(=O)Cc2nc(COC(=O)c3ccccc3NC(=O)c3cccs3)cs2)cc1. The number of nitrogens with one attached hydrogen (secondary N) is 2. The number of anilines is 2. The molecule has 2 amide bonds. The van der Waals surface area contributed by atoms with Crippen molar-refractivity contribution in [3.05, 3.63) is 98.1 Å². The molecule has 0 saturated carbocycles. The lowest BCUT2D eigenvalue weighted by atomic mass is 10.1. The van der Waals surface area contributed by atoms with Gasteiger partial charge in [-0.15, -0.1) is 22.7 Å². The number of nitrogens with zero attached hydrogens (tertiary/aromatic N) is 1. The number of thiophene rings is 1. The summed E-state index contributed by atoms with van der Waals surface area (Å²) in [6.07, 6.45) is 0.129. The zero-order chi connectivity index (χ0) is 23.9. The van der Waals surface area contributed by atoms with Crippen molar-refractivity contribution in [2.24, 2.45) is 0 Å². The Hall–Kier alpha value is -3.82. The van der Waals surface area contributed by atoms with Crippen LogP contribution in [0.25, 0.3) is 0 Å². The zero-order valence-electron chi connectivity index (χ0n) is 18.2. The maximum absolute atomic E-state index is 12.7. The third-order valence-corrected chi connectivity index (χ3v) is 6.50. The van der Waals surface area contributed by atoms with Gasteiger partial charge in [0, 0.05) is 11.1 Å². The molecule has 34 heavy (non-hydrogen) atoms. The van der Waals surface area contributed by atoms with Crippen molar-refractivity contribution in [2.45, 2.75) is 20.0 Å². The Morgan fingerprint density at radius 2 is 1.74 bits per heavy atom. The van der Waals surface area contributed by atoms with Crippen molar-refractivity contribution in [3.63, 3.8) is 0 Å². The Balaban J connectivity index is 1.32. The average molecular weight is 492 g/mol. The lowest BCUT2D eigenvalue weighted by Gasteiger charge is -2.10. The van der Waals surface area contributed by atoms with Gasteiger partial charge in [0.15, 0.2) is 0 Å². The summed E-state index contributed by atoms with van der Waals surface area (Å²) < 4.78 is 5.41. The van der Waals surface area contributed by atoms with E-state index in [-0.39, 0.29) is 30.4 Å². The standard InChI is InChI=1S/C25H21N3O4S2/c1-16-8-10-17(11-9-16)26-22(29)13-23-27-18(15-34-23)14-32-25(31)19-5-2-3-6-20(19)28-24(30)21-7-4-12-33-21/h2-12,15H,13-14H2,1H3,(H,26,29)(H,28,30). The zero-order valence-corrected chi connectivity index (χ0v) is 19.9. The predicted molar refractivity (Wildman–Crippen MR) is 133 cm³/mol. The highest BCUT2D eigenvalue weighted by molar-refractivity contribution is 7.12. The van der Waals surface area contributed by atoms with E-state index in [0.29, 0.717) is 21.3 Å². The van der Waals surface area contributed by atoms with Gasteiger partial charge < -0.3 is 15.4 Å². The lowest BCUT2D eigenvalue weighted by molar-refractivity contribution is -0.115. The fourth-order valence-corrected chi connectivity index (χ4v) is 4.45. The van der Waals surface area contributed by atoms with E-state index in [4.69, 9.17) is 4.74 Å². The Bertz CT molecular complexity index is 1300. The highest BCUT2D eigenvalue weighted by Gasteiger charge is 2.17. The molecule has 2 aromatic heterocycles. The van der Waals surface area contributed by atoms with Crippen molar-refractivity contribution in [1.82, 2.24) is 4.98 Å². The van der Waals surface area contributed by atoms with Crippen molar-refractivity contribution in [3.8, 4) is 0 Å². The normalized spacial score (nSPS) is 10.5. The number of thiazole rings is 1. The summed E-state index contributed by atoms with van der Waals surface area (Å²) >= 11 is 2.64. The summed E-state index contributed by atoms with van der Waals surface area (Å²) in [5.74, 6) is -1.03. The van der Waals surface area contributed by atoms with Crippen LogP contribution < -0.4 is 10.6 Å². The molecule has 0 atom stereocenters. The number of rotatable bonds is 8. The van der Waals surface area contributed by atoms with Crippen molar-refractivity contribution in [1.29, 1.82) is 0 Å². The van der Waals surface area contributed by atoms with Gasteiger partial charge in [-0.3, -0.25) is 9.59 Å². The van der Waals surface area contributed by atoms with Crippen LogP contribution in [0.5, 0.6) is 0 Å². The number of aryl methyl sites for hydroxylation is 1. The van der Waals surface area contributed by atoms with Gasteiger partial charge in [-0.2, -0.15) is 0 Å². The van der Waals surface area contributed by atoms with Gasteiger partial charge in [0.25, 0.3) is 5.91 Å². The average Bonchev–Trinajstić information content (AvgIpc) is 3.52. The summed E-state index contributed by atoms with van der Waals surface area (Å²) in [5.41, 5.74) is 3.02. The molecule has 0 saturated heterocycles. The summed E-state index contributed by atoms with van der Waals surface area (Å²) in [6.45, 7) is 1.94. The van der Waals surface area contributed by atoms with Crippen LogP contribution in [0.2, 0.25) is 0 Å². The van der Waals surface area contributed by atoms with Crippen LogP contribution in [-0.4, -0.2) is 22.8 Å². The molecule has 0 spiro atoms. The number of para-hydroxylation sites is 1. The lowest BCUT2D eigenvalue weighted by Crippen LogP contribution is -2.15. The van der Waals surface area contributed by atoms with Gasteiger partial charge in [-0.1, -0.05) is 35.9 Å². The van der Waals surface area contributed by atoms with E-state index >= 15 is 0 Å². The monoisotopic (exact) mass is 491 g/mol. The van der Waals surface area contributed by atoms with Gasteiger partial charge in [-0.05, 0) is 42.6 Å². The minimum atomic E-state index is -0.575. The van der Waals surface area contributed by atoms with Crippen LogP contribution in [0.4, 0.5) is 11.4 Å². The number of esters is 1. The topological polar surface area (TPSA) is 97.4 Å². The molecule has 4 rings (SSSR count). The van der Waals surface area contributed by atoms with Crippen LogP contribution >= 0.6 is 22.7 Å². The molecule has 0 aliphatic rings. The maximum Gasteiger partial charge on any atom is 0.340 e. The number of carbonyl (C=O) groups excluding carboxylic acids is 3. The second-order valence-electron chi connectivity index (χ2n) is 7.38. The van der Waals surface area contributed by atoms with Crippen molar-refractivity contribution >= 4 is 51.8 Å². The molecule has 0 aliphatic heterocycles. The molecule has 0 fully saturated rings. The second-order valence-corrected chi connectivity index (χ2v) is 9.27. The summed E-state index contributed by atoms with van der Waals surface area (Å²) in [6, 6.07) is 17.7. The molecule has 0 radical (unpaired) electrons. The van der Waals surface area contributed by atoms with E-state index in [1.807, 2.05) is 36.6 Å². The minimum absolute atomic E-state index is 0.0396. The van der Waals surface area contributed by atoms with Crippen LogP contribution in [0, 0.1) is 6.92 Å². The number of carbonyl (C=O) groups is 3. The number of hydrogen-bond donors (Lipinski definition) is 2. The van der Waals surface area contributed by atoms with Crippen LogP contribution in [-0.2, 0) is 22.6 Å².